The van der Waals surface area contributed by atoms with Gasteiger partial charge in [-0.1, -0.05) is 29.3 Å². The fourth-order valence-corrected chi connectivity index (χ4v) is 2.22. The number of esters is 1. The third kappa shape index (κ3) is 4.44. The summed E-state index contributed by atoms with van der Waals surface area (Å²) in [6.45, 7) is 0.0437. The van der Waals surface area contributed by atoms with Crippen LogP contribution in [-0.2, 0) is 22.6 Å². The molecule has 0 aromatic heterocycles. The SMILES string of the molecule is O=C(Cc1ccc(Cl)cc1Cl)OCc1ccc([N+](=O)[O-])cc1. The van der Waals surface area contributed by atoms with Crippen LogP contribution in [0.15, 0.2) is 42.5 Å². The van der Waals surface area contributed by atoms with Crippen LogP contribution in [0.4, 0.5) is 5.69 Å². The van der Waals surface area contributed by atoms with Gasteiger partial charge in [0.1, 0.15) is 6.61 Å². The van der Waals surface area contributed by atoms with Gasteiger partial charge in [0.15, 0.2) is 0 Å². The Morgan fingerprint density at radius 1 is 1.14 bits per heavy atom. The number of rotatable bonds is 5. The molecule has 5 nitrogen and oxygen atoms in total. The van der Waals surface area contributed by atoms with Crippen molar-refractivity contribution < 1.29 is 14.5 Å². The first-order valence-corrected chi connectivity index (χ1v) is 7.04. The molecule has 0 fully saturated rings. The normalized spacial score (nSPS) is 10.3. The quantitative estimate of drug-likeness (QED) is 0.465. The van der Waals surface area contributed by atoms with E-state index in [2.05, 4.69) is 0 Å². The molecule has 0 aliphatic carbocycles. The molecule has 0 aliphatic heterocycles. The molecular weight excluding hydrogens is 329 g/mol. The van der Waals surface area contributed by atoms with E-state index < -0.39 is 10.9 Å². The van der Waals surface area contributed by atoms with Gasteiger partial charge in [0.25, 0.3) is 5.69 Å². The minimum Gasteiger partial charge on any atom is -0.461 e. The molecule has 0 radical (unpaired) electrons. The molecule has 0 saturated carbocycles. The van der Waals surface area contributed by atoms with Crippen molar-refractivity contribution in [2.75, 3.05) is 0 Å². The second-order valence-electron chi connectivity index (χ2n) is 4.50. The van der Waals surface area contributed by atoms with Gasteiger partial charge in [-0.2, -0.15) is 0 Å². The van der Waals surface area contributed by atoms with Crippen molar-refractivity contribution >= 4 is 34.9 Å². The smallest absolute Gasteiger partial charge is 0.310 e. The van der Waals surface area contributed by atoms with Gasteiger partial charge in [0, 0.05) is 22.2 Å². The number of nitrogens with zero attached hydrogens (tertiary/aromatic N) is 1. The van der Waals surface area contributed by atoms with Gasteiger partial charge in [-0.25, -0.2) is 0 Å². The summed E-state index contributed by atoms with van der Waals surface area (Å²) in [6, 6.07) is 10.7. The van der Waals surface area contributed by atoms with E-state index in [0.717, 1.165) is 0 Å². The first-order chi connectivity index (χ1) is 10.5. The van der Waals surface area contributed by atoms with E-state index in [1.54, 1.807) is 30.3 Å². The van der Waals surface area contributed by atoms with Gasteiger partial charge in [0.2, 0.25) is 0 Å². The van der Waals surface area contributed by atoms with Crippen molar-refractivity contribution in [1.82, 2.24) is 0 Å². The lowest BCUT2D eigenvalue weighted by Gasteiger charge is -2.06. The lowest BCUT2D eigenvalue weighted by molar-refractivity contribution is -0.384. The molecule has 2 aromatic carbocycles. The van der Waals surface area contributed by atoms with Gasteiger partial charge < -0.3 is 4.74 Å². The van der Waals surface area contributed by atoms with E-state index in [1.165, 1.54) is 12.1 Å². The topological polar surface area (TPSA) is 69.4 Å². The third-order valence-corrected chi connectivity index (χ3v) is 3.48. The van der Waals surface area contributed by atoms with Crippen molar-refractivity contribution in [3.8, 4) is 0 Å². The molecular formula is C15H11Cl2NO4. The third-order valence-electron chi connectivity index (χ3n) is 2.90. The molecule has 0 heterocycles. The monoisotopic (exact) mass is 339 g/mol. The highest BCUT2D eigenvalue weighted by Crippen LogP contribution is 2.21. The van der Waals surface area contributed by atoms with Crippen molar-refractivity contribution in [3.63, 3.8) is 0 Å². The maximum Gasteiger partial charge on any atom is 0.310 e. The Bertz CT molecular complexity index is 701. The minimum absolute atomic E-state index is 0.0111. The number of nitro groups is 1. The molecule has 0 amide bonds. The van der Waals surface area contributed by atoms with Crippen LogP contribution >= 0.6 is 23.2 Å². The number of nitro benzene ring substituents is 1. The molecule has 0 unspecified atom stereocenters. The Kier molecular flexibility index (Phi) is 5.35. The van der Waals surface area contributed by atoms with Crippen LogP contribution in [0.1, 0.15) is 11.1 Å². The first-order valence-electron chi connectivity index (χ1n) is 6.28. The molecule has 0 bridgehead atoms. The van der Waals surface area contributed by atoms with E-state index in [9.17, 15) is 14.9 Å². The Morgan fingerprint density at radius 2 is 1.82 bits per heavy atom. The van der Waals surface area contributed by atoms with Gasteiger partial charge in [-0.05, 0) is 35.4 Å². The van der Waals surface area contributed by atoms with Crippen molar-refractivity contribution in [2.24, 2.45) is 0 Å². The summed E-state index contributed by atoms with van der Waals surface area (Å²) in [5, 5.41) is 11.4. The van der Waals surface area contributed by atoms with E-state index in [-0.39, 0.29) is 18.7 Å². The predicted molar refractivity (Wildman–Crippen MR) is 83.1 cm³/mol. The van der Waals surface area contributed by atoms with Crippen LogP contribution in [0.2, 0.25) is 10.0 Å². The van der Waals surface area contributed by atoms with Gasteiger partial charge >= 0.3 is 5.97 Å². The predicted octanol–water partition coefficient (Wildman–Crippen LogP) is 4.19. The van der Waals surface area contributed by atoms with Gasteiger partial charge in [0.05, 0.1) is 11.3 Å². The Balaban J connectivity index is 1.91. The highest BCUT2D eigenvalue weighted by Gasteiger charge is 2.10. The largest absolute Gasteiger partial charge is 0.461 e. The molecule has 2 rings (SSSR count). The van der Waals surface area contributed by atoms with Crippen LogP contribution in [0, 0.1) is 10.1 Å². The number of carbonyl (C=O) groups excluding carboxylic acids is 1. The molecule has 0 atom stereocenters. The first kappa shape index (κ1) is 16.3. The van der Waals surface area contributed by atoms with Crippen molar-refractivity contribution in [1.29, 1.82) is 0 Å². The van der Waals surface area contributed by atoms with Gasteiger partial charge in [-0.3, -0.25) is 14.9 Å². The summed E-state index contributed by atoms with van der Waals surface area (Å²) < 4.78 is 5.12. The summed E-state index contributed by atoms with van der Waals surface area (Å²) in [6.07, 6.45) is 0.0307. The van der Waals surface area contributed by atoms with Crippen LogP contribution < -0.4 is 0 Å². The van der Waals surface area contributed by atoms with Crippen LogP contribution in [0.3, 0.4) is 0 Å². The minimum atomic E-state index is -0.488. The summed E-state index contributed by atoms with van der Waals surface area (Å²) in [5.74, 6) is -0.442. The molecule has 0 saturated heterocycles. The Morgan fingerprint density at radius 3 is 2.41 bits per heavy atom. The molecule has 7 heteroatoms. The van der Waals surface area contributed by atoms with E-state index in [0.29, 0.717) is 21.2 Å². The van der Waals surface area contributed by atoms with Crippen LogP contribution in [0.25, 0.3) is 0 Å². The number of halogens is 2. The molecule has 114 valence electrons. The Labute approximate surface area is 136 Å². The highest BCUT2D eigenvalue weighted by molar-refractivity contribution is 6.35. The van der Waals surface area contributed by atoms with Crippen LogP contribution in [0.5, 0.6) is 0 Å². The average molecular weight is 340 g/mol. The number of carbonyl (C=O) groups is 1. The highest BCUT2D eigenvalue weighted by atomic mass is 35.5. The van der Waals surface area contributed by atoms with Gasteiger partial charge in [-0.15, -0.1) is 0 Å². The zero-order valence-corrected chi connectivity index (χ0v) is 12.8. The maximum absolute atomic E-state index is 11.8. The molecule has 0 N–H and O–H groups in total. The maximum atomic E-state index is 11.8. The second-order valence-corrected chi connectivity index (χ2v) is 5.34. The lowest BCUT2D eigenvalue weighted by atomic mass is 10.1. The number of hydrogen-bond acceptors (Lipinski definition) is 4. The summed E-state index contributed by atoms with van der Waals surface area (Å²) >= 11 is 11.8. The molecule has 2 aromatic rings. The fraction of sp³-hybridized carbons (Fsp3) is 0.133. The zero-order chi connectivity index (χ0) is 16.1. The number of non-ortho nitro benzene ring substituents is 1. The number of benzene rings is 2. The molecule has 0 spiro atoms. The Hall–Kier alpha value is -2.11. The standard InChI is InChI=1S/C15H11Cl2NO4/c16-12-4-3-11(14(17)8-12)7-15(19)22-9-10-1-5-13(6-2-10)18(20)21/h1-6,8H,7,9H2. The number of hydrogen-bond donors (Lipinski definition) is 0. The molecule has 0 aliphatic rings. The van der Waals surface area contributed by atoms with Crippen molar-refractivity contribution in [3.05, 3.63) is 73.8 Å². The second kappa shape index (κ2) is 7.24. The van der Waals surface area contributed by atoms with Crippen LogP contribution in [-0.4, -0.2) is 10.9 Å². The fourth-order valence-electron chi connectivity index (χ4n) is 1.75. The summed E-state index contributed by atoms with van der Waals surface area (Å²) in [7, 11) is 0. The zero-order valence-electron chi connectivity index (χ0n) is 11.3. The van der Waals surface area contributed by atoms with E-state index in [1.807, 2.05) is 0 Å². The molecule has 22 heavy (non-hydrogen) atoms. The van der Waals surface area contributed by atoms with Crippen molar-refractivity contribution in [2.45, 2.75) is 13.0 Å². The lowest BCUT2D eigenvalue weighted by Crippen LogP contribution is -2.08. The summed E-state index contributed by atoms with van der Waals surface area (Å²) in [5.41, 5.74) is 1.28. The summed E-state index contributed by atoms with van der Waals surface area (Å²) in [4.78, 5) is 21.8. The average Bonchev–Trinajstić information content (AvgIpc) is 2.48. The van der Waals surface area contributed by atoms with E-state index in [4.69, 9.17) is 27.9 Å². The number of ether oxygens (including phenoxy) is 1. The van der Waals surface area contributed by atoms with E-state index >= 15 is 0 Å².